The van der Waals surface area contributed by atoms with Crippen molar-refractivity contribution in [3.63, 3.8) is 0 Å². The predicted molar refractivity (Wildman–Crippen MR) is 238 cm³/mol. The van der Waals surface area contributed by atoms with Crippen LogP contribution in [0.4, 0.5) is 28.9 Å². The second kappa shape index (κ2) is 21.0. The Morgan fingerprint density at radius 1 is 0.627 bits per heavy atom. The summed E-state index contributed by atoms with van der Waals surface area (Å²) in [5.74, 6) is -1.68. The number of hydrogen-bond donors (Lipinski definition) is 2. The molecule has 2 saturated heterocycles. The Hall–Kier alpha value is -5.88. The van der Waals surface area contributed by atoms with Crippen molar-refractivity contribution >= 4 is 31.4 Å². The van der Waals surface area contributed by atoms with E-state index in [1.54, 1.807) is 72.8 Å². The SMILES string of the molecule is O=S(=O)(C1CCN(C2CC(O)C2)CC1)N(Cc1ccc(-c2nnc(C(F)F)o2)cn1)c1ccccc1.O=S(=O)(C1CCNCC1)N(Cc1ccc(-c2nnc(C(F)F)o2)cn1)c1ccccc1. The maximum Gasteiger partial charge on any atom is 0.314 e. The van der Waals surface area contributed by atoms with Gasteiger partial charge in [0, 0.05) is 18.4 Å². The molecule has 0 spiro atoms. The van der Waals surface area contributed by atoms with Crippen LogP contribution in [0.2, 0.25) is 0 Å². The van der Waals surface area contributed by atoms with Crippen molar-refractivity contribution in [3.8, 4) is 22.9 Å². The van der Waals surface area contributed by atoms with Gasteiger partial charge in [-0.15, -0.1) is 20.4 Å². The molecule has 0 radical (unpaired) electrons. The molecule has 6 heterocycles. The van der Waals surface area contributed by atoms with Crippen molar-refractivity contribution in [1.29, 1.82) is 0 Å². The van der Waals surface area contributed by atoms with Crippen LogP contribution < -0.4 is 13.9 Å². The number of piperidine rings is 2. The van der Waals surface area contributed by atoms with E-state index in [1.165, 1.54) is 21.0 Å². The van der Waals surface area contributed by atoms with Crippen LogP contribution in [0, 0.1) is 0 Å². The molecule has 2 aliphatic heterocycles. The molecular weight excluding hydrogens is 921 g/mol. The molecule has 3 fully saturated rings. The third-order valence-corrected chi connectivity index (χ3v) is 16.5. The summed E-state index contributed by atoms with van der Waals surface area (Å²) in [4.78, 5) is 10.9. The van der Waals surface area contributed by atoms with Gasteiger partial charge in [0.2, 0.25) is 31.8 Å². The second-order valence-electron chi connectivity index (χ2n) is 16.3. The molecule has 1 saturated carbocycles. The normalized spacial score (nSPS) is 18.6. The van der Waals surface area contributed by atoms with Gasteiger partial charge in [-0.2, -0.15) is 17.6 Å². The van der Waals surface area contributed by atoms with Gasteiger partial charge in [-0.25, -0.2) is 16.8 Å². The minimum Gasteiger partial charge on any atom is -0.415 e. The number of aliphatic hydroxyl groups is 1. The van der Waals surface area contributed by atoms with Crippen LogP contribution in [0.15, 0.2) is 106 Å². The Labute approximate surface area is 384 Å². The van der Waals surface area contributed by atoms with Gasteiger partial charge in [-0.05, 0) is 113 Å². The van der Waals surface area contributed by atoms with Crippen molar-refractivity contribution in [2.24, 2.45) is 0 Å². The van der Waals surface area contributed by atoms with E-state index >= 15 is 0 Å². The molecule has 2 N–H and O–H groups in total. The average molecular weight is 969 g/mol. The standard InChI is InChI=1S/C24H27F2N5O4S.C20H21F2N5O3S/c25-22(26)24-29-28-23(35-24)16-6-7-17(27-14-16)15-31(18-4-2-1-3-5-18)36(33,34)21-8-10-30(11-9-21)19-12-20(32)13-19;21-18(22)20-26-25-19(30-20)14-6-7-15(24-12-14)13-27(16-4-2-1-3-5-16)31(28,29)17-8-10-23-11-9-17/h1-7,14,19-22,32H,8-13,15H2;1-7,12,17-18,23H,8-11,13H2. The summed E-state index contributed by atoms with van der Waals surface area (Å²) in [5.41, 5.74) is 2.83. The number of nitrogens with one attached hydrogen (secondary N) is 1. The van der Waals surface area contributed by atoms with Gasteiger partial charge in [0.05, 0.1) is 63.6 Å². The Morgan fingerprint density at radius 3 is 1.43 bits per heavy atom. The zero-order valence-electron chi connectivity index (χ0n) is 35.9. The lowest BCUT2D eigenvalue weighted by atomic mass is 9.87. The highest BCUT2D eigenvalue weighted by Gasteiger charge is 2.40. The number of hydrogen-bond acceptors (Lipinski definition) is 15. The topological polar surface area (TPSA) is 214 Å². The summed E-state index contributed by atoms with van der Waals surface area (Å²) in [6.45, 7) is 2.74. The summed E-state index contributed by atoms with van der Waals surface area (Å²) in [5, 5.41) is 25.6. The molecule has 6 aromatic rings. The largest absolute Gasteiger partial charge is 0.415 e. The van der Waals surface area contributed by atoms with Crippen LogP contribution in [0.1, 0.15) is 74.5 Å². The summed E-state index contributed by atoms with van der Waals surface area (Å²) in [6, 6.07) is 24.5. The maximum atomic E-state index is 13.8. The molecule has 23 heteroatoms. The number of anilines is 2. The summed E-state index contributed by atoms with van der Waals surface area (Å²) in [7, 11) is -7.31. The van der Waals surface area contributed by atoms with Crippen molar-refractivity contribution in [2.75, 3.05) is 34.8 Å². The van der Waals surface area contributed by atoms with E-state index in [2.05, 4.69) is 40.6 Å². The number of aromatic nitrogens is 6. The van der Waals surface area contributed by atoms with Gasteiger partial charge in [0.25, 0.3) is 11.8 Å². The number of sulfonamides is 2. The minimum absolute atomic E-state index is 0.0216. The number of rotatable bonds is 15. The summed E-state index contributed by atoms with van der Waals surface area (Å²) < 4.78 is 118. The first kappa shape index (κ1) is 47.6. The van der Waals surface area contributed by atoms with Crippen molar-refractivity contribution < 1.29 is 48.3 Å². The van der Waals surface area contributed by atoms with Gasteiger partial charge >= 0.3 is 12.9 Å². The van der Waals surface area contributed by atoms with Gasteiger partial charge in [0.15, 0.2) is 0 Å². The first-order valence-electron chi connectivity index (χ1n) is 21.7. The highest BCUT2D eigenvalue weighted by Crippen LogP contribution is 2.33. The number of para-hydroxylation sites is 2. The molecule has 67 heavy (non-hydrogen) atoms. The lowest BCUT2D eigenvalue weighted by Gasteiger charge is -2.44. The van der Waals surface area contributed by atoms with Crippen LogP contribution in [0.3, 0.4) is 0 Å². The first-order chi connectivity index (χ1) is 32.3. The number of nitrogens with zero attached hydrogens (tertiary/aromatic N) is 9. The predicted octanol–water partition coefficient (Wildman–Crippen LogP) is 6.55. The zero-order chi connectivity index (χ0) is 47.1. The lowest BCUT2D eigenvalue weighted by molar-refractivity contribution is -0.00510. The fraction of sp³-hybridized carbons (Fsp3) is 0.409. The third kappa shape index (κ3) is 11.3. The number of likely N-dealkylation sites (tertiary alicyclic amines) is 1. The monoisotopic (exact) mass is 968 g/mol. The molecule has 0 bridgehead atoms. The van der Waals surface area contributed by atoms with E-state index in [-0.39, 0.29) is 31.0 Å². The van der Waals surface area contributed by atoms with E-state index in [0.717, 1.165) is 12.8 Å². The van der Waals surface area contributed by atoms with E-state index < -0.39 is 55.2 Å². The second-order valence-corrected chi connectivity index (χ2v) is 20.6. The minimum atomic E-state index is -3.70. The molecule has 9 rings (SSSR count). The molecule has 4 aromatic heterocycles. The van der Waals surface area contributed by atoms with E-state index in [4.69, 9.17) is 8.83 Å². The molecular formula is C44H48F4N10O7S2. The molecule has 0 atom stereocenters. The first-order valence-corrected chi connectivity index (χ1v) is 24.7. The number of alkyl halides is 4. The summed E-state index contributed by atoms with van der Waals surface area (Å²) >= 11 is 0. The molecule has 3 aliphatic rings. The zero-order valence-corrected chi connectivity index (χ0v) is 37.6. The van der Waals surface area contributed by atoms with E-state index in [0.29, 0.717) is 91.8 Å². The maximum absolute atomic E-state index is 13.8. The average Bonchev–Trinajstić information content (AvgIpc) is 4.05. The van der Waals surface area contributed by atoms with Crippen LogP contribution in [0.5, 0.6) is 0 Å². The van der Waals surface area contributed by atoms with Crippen molar-refractivity contribution in [3.05, 3.63) is 120 Å². The van der Waals surface area contributed by atoms with Crippen LogP contribution in [-0.4, -0.2) is 106 Å². The van der Waals surface area contributed by atoms with Gasteiger partial charge < -0.3 is 24.2 Å². The molecule has 0 unspecified atom stereocenters. The van der Waals surface area contributed by atoms with Gasteiger partial charge in [0.1, 0.15) is 0 Å². The van der Waals surface area contributed by atoms with Crippen molar-refractivity contribution in [1.82, 2.24) is 40.6 Å². The number of pyridine rings is 2. The van der Waals surface area contributed by atoms with E-state index in [1.807, 2.05) is 12.1 Å². The molecule has 356 valence electrons. The third-order valence-electron chi connectivity index (χ3n) is 11.9. The van der Waals surface area contributed by atoms with E-state index in [9.17, 15) is 39.5 Å². The highest BCUT2D eigenvalue weighted by molar-refractivity contribution is 7.93. The molecule has 1 aliphatic carbocycles. The Morgan fingerprint density at radius 2 is 1.06 bits per heavy atom. The molecule has 17 nitrogen and oxygen atoms in total. The molecule has 2 aromatic carbocycles. The number of aliphatic hydroxyl groups excluding tert-OH is 1. The van der Waals surface area contributed by atoms with Crippen LogP contribution >= 0.6 is 0 Å². The number of halogens is 4. The molecule has 0 amide bonds. The summed E-state index contributed by atoms with van der Waals surface area (Å²) in [6.07, 6.45) is 0.479. The fourth-order valence-corrected chi connectivity index (χ4v) is 12.0. The highest BCUT2D eigenvalue weighted by atomic mass is 32.2. The quantitative estimate of drug-likeness (QED) is 0.104. The smallest absolute Gasteiger partial charge is 0.314 e. The van der Waals surface area contributed by atoms with Crippen molar-refractivity contribution in [2.45, 2.75) is 87.1 Å². The van der Waals surface area contributed by atoms with Gasteiger partial charge in [-0.1, -0.05) is 36.4 Å². The van der Waals surface area contributed by atoms with Crippen LogP contribution in [-0.2, 0) is 33.1 Å². The Balaban J connectivity index is 0.000000184. The fourth-order valence-electron chi connectivity index (χ4n) is 8.16. The van der Waals surface area contributed by atoms with Crippen LogP contribution in [0.25, 0.3) is 22.9 Å². The number of benzene rings is 2. The lowest BCUT2D eigenvalue weighted by Crippen LogP contribution is -2.52. The van der Waals surface area contributed by atoms with Gasteiger partial charge in [-0.3, -0.25) is 18.6 Å². The Bertz CT molecular complexity index is 2740. The Kier molecular flexibility index (Phi) is 14.9.